The second-order valence-electron chi connectivity index (χ2n) is 2.12. The molecule has 0 bridgehead atoms. The van der Waals surface area contributed by atoms with Gasteiger partial charge in [0, 0.05) is 0 Å². The Hall–Kier alpha value is -1.71. The smallest absolute Gasteiger partial charge is 0.405 e. The molecule has 0 atom stereocenters. The number of nitriles is 1. The van der Waals surface area contributed by atoms with Crippen LogP contribution in [0, 0.1) is 11.3 Å². The predicted octanol–water partition coefficient (Wildman–Crippen LogP) is 1.52. The highest BCUT2D eigenvalue weighted by molar-refractivity contribution is 5.27. The van der Waals surface area contributed by atoms with Gasteiger partial charge in [-0.1, -0.05) is 0 Å². The van der Waals surface area contributed by atoms with E-state index in [1.807, 2.05) is 5.32 Å². The quantitative estimate of drug-likeness (QED) is 0.769. The molecule has 1 aromatic heterocycles. The maximum absolute atomic E-state index is 11.6. The molecule has 0 spiro atoms. The van der Waals surface area contributed by atoms with Crippen molar-refractivity contribution in [2.24, 2.45) is 0 Å². The molecule has 1 N–H and O–H groups in total. The fraction of sp³-hybridized carbons (Fsp3) is 0.333. The zero-order valence-electron chi connectivity index (χ0n) is 6.22. The van der Waals surface area contributed by atoms with Crippen molar-refractivity contribution in [2.45, 2.75) is 6.18 Å². The Labute approximate surface area is 71.0 Å². The Balaban J connectivity index is 2.52. The van der Waals surface area contributed by atoms with Crippen LogP contribution in [0.1, 0.15) is 5.69 Å². The number of anilines is 1. The maximum Gasteiger partial charge on any atom is 0.405 e. The summed E-state index contributed by atoms with van der Waals surface area (Å²) in [6, 6.07) is 1.31. The van der Waals surface area contributed by atoms with Gasteiger partial charge in [-0.15, -0.1) is 0 Å². The molecule has 0 aliphatic rings. The Morgan fingerprint density at radius 1 is 1.62 bits per heavy atom. The fourth-order valence-corrected chi connectivity index (χ4v) is 0.582. The van der Waals surface area contributed by atoms with Crippen LogP contribution in [0.3, 0.4) is 0 Å². The molecule has 0 aliphatic heterocycles. The first kappa shape index (κ1) is 9.38. The van der Waals surface area contributed by atoms with Gasteiger partial charge in [-0.2, -0.15) is 23.4 Å². The Morgan fingerprint density at radius 2 is 2.31 bits per heavy atom. The van der Waals surface area contributed by atoms with Crippen molar-refractivity contribution < 1.29 is 17.6 Å². The zero-order valence-corrected chi connectivity index (χ0v) is 6.22. The highest BCUT2D eigenvalue weighted by atomic mass is 19.4. The van der Waals surface area contributed by atoms with E-state index in [9.17, 15) is 13.2 Å². The highest BCUT2D eigenvalue weighted by Crippen LogP contribution is 2.15. The number of nitrogens with one attached hydrogen (secondary N) is 1. The van der Waals surface area contributed by atoms with Gasteiger partial charge in [0.25, 0.3) is 6.01 Å². The predicted molar refractivity (Wildman–Crippen MR) is 35.8 cm³/mol. The van der Waals surface area contributed by atoms with Crippen molar-refractivity contribution in [1.82, 2.24) is 4.98 Å². The van der Waals surface area contributed by atoms with Crippen molar-refractivity contribution in [3.8, 4) is 6.07 Å². The first-order valence-corrected chi connectivity index (χ1v) is 3.17. The zero-order chi connectivity index (χ0) is 9.90. The number of halogens is 3. The summed E-state index contributed by atoms with van der Waals surface area (Å²) in [7, 11) is 0. The lowest BCUT2D eigenvalue weighted by atomic mass is 10.6. The van der Waals surface area contributed by atoms with Gasteiger partial charge in [-0.05, 0) is 0 Å². The van der Waals surface area contributed by atoms with E-state index in [0.717, 1.165) is 6.26 Å². The molecule has 0 unspecified atom stereocenters. The van der Waals surface area contributed by atoms with Gasteiger partial charge in [0.2, 0.25) is 0 Å². The minimum absolute atomic E-state index is 0.0651. The Kier molecular flexibility index (Phi) is 2.41. The van der Waals surface area contributed by atoms with Crippen LogP contribution in [-0.4, -0.2) is 17.7 Å². The van der Waals surface area contributed by atoms with Crippen LogP contribution in [0.2, 0.25) is 0 Å². The van der Waals surface area contributed by atoms with E-state index in [4.69, 9.17) is 5.26 Å². The van der Waals surface area contributed by atoms with Crippen LogP contribution in [0.5, 0.6) is 0 Å². The third-order valence-corrected chi connectivity index (χ3v) is 1.06. The monoisotopic (exact) mass is 191 g/mol. The van der Waals surface area contributed by atoms with E-state index < -0.39 is 12.7 Å². The summed E-state index contributed by atoms with van der Waals surface area (Å²) in [5.41, 5.74) is -0.0651. The van der Waals surface area contributed by atoms with Gasteiger partial charge in [-0.3, -0.25) is 0 Å². The molecule has 1 aromatic rings. The first-order valence-electron chi connectivity index (χ1n) is 3.17. The summed E-state index contributed by atoms with van der Waals surface area (Å²) < 4.78 is 39.4. The van der Waals surface area contributed by atoms with E-state index in [-0.39, 0.29) is 11.7 Å². The molecular formula is C6H4F3N3O. The molecule has 13 heavy (non-hydrogen) atoms. The number of hydrogen-bond donors (Lipinski definition) is 1. The van der Waals surface area contributed by atoms with Gasteiger partial charge in [0.1, 0.15) is 18.9 Å². The molecule has 4 nitrogen and oxygen atoms in total. The summed E-state index contributed by atoms with van der Waals surface area (Å²) in [6.07, 6.45) is -3.36. The van der Waals surface area contributed by atoms with Crippen LogP contribution in [0.4, 0.5) is 19.2 Å². The number of rotatable bonds is 2. The lowest BCUT2D eigenvalue weighted by Gasteiger charge is -2.04. The second-order valence-corrected chi connectivity index (χ2v) is 2.12. The number of nitrogens with zero attached hydrogens (tertiary/aromatic N) is 2. The summed E-state index contributed by atoms with van der Waals surface area (Å²) in [5.74, 6) is 0. The molecule has 0 aliphatic carbocycles. The largest absolute Gasteiger partial charge is 0.431 e. The summed E-state index contributed by atoms with van der Waals surface area (Å²) in [5, 5.41) is 10.1. The van der Waals surface area contributed by atoms with Crippen LogP contribution in [0.25, 0.3) is 0 Å². The second kappa shape index (κ2) is 3.35. The molecule has 0 fully saturated rings. The standard InChI is InChI=1S/C6H4F3N3O/c7-6(8,9)3-11-5-12-4(1-10)2-13-5/h2H,3H2,(H,11,12). The SMILES string of the molecule is N#Cc1coc(NCC(F)(F)F)n1. The van der Waals surface area contributed by atoms with Crippen LogP contribution < -0.4 is 5.32 Å². The molecule has 0 aromatic carbocycles. The number of oxazole rings is 1. The molecule has 70 valence electrons. The van der Waals surface area contributed by atoms with Crippen molar-refractivity contribution in [2.75, 3.05) is 11.9 Å². The van der Waals surface area contributed by atoms with Crippen molar-refractivity contribution in [1.29, 1.82) is 5.26 Å². The molecular weight excluding hydrogens is 187 g/mol. The van der Waals surface area contributed by atoms with Crippen molar-refractivity contribution in [3.05, 3.63) is 12.0 Å². The first-order chi connectivity index (χ1) is 6.01. The number of aromatic nitrogens is 1. The van der Waals surface area contributed by atoms with Gasteiger partial charge < -0.3 is 9.73 Å². The Morgan fingerprint density at radius 3 is 2.77 bits per heavy atom. The minimum atomic E-state index is -4.33. The highest BCUT2D eigenvalue weighted by Gasteiger charge is 2.27. The van der Waals surface area contributed by atoms with E-state index in [0.29, 0.717) is 0 Å². The van der Waals surface area contributed by atoms with E-state index in [2.05, 4.69) is 9.40 Å². The van der Waals surface area contributed by atoms with Crippen LogP contribution in [0.15, 0.2) is 10.7 Å². The topological polar surface area (TPSA) is 61.9 Å². The lowest BCUT2D eigenvalue weighted by Crippen LogP contribution is -2.21. The number of alkyl halides is 3. The number of hydrogen-bond acceptors (Lipinski definition) is 4. The van der Waals surface area contributed by atoms with Gasteiger partial charge >= 0.3 is 6.18 Å². The van der Waals surface area contributed by atoms with Gasteiger partial charge in [0.05, 0.1) is 0 Å². The average molecular weight is 191 g/mol. The summed E-state index contributed by atoms with van der Waals surface area (Å²) in [4.78, 5) is 3.39. The molecule has 7 heteroatoms. The minimum Gasteiger partial charge on any atom is -0.431 e. The van der Waals surface area contributed by atoms with Crippen LogP contribution in [-0.2, 0) is 0 Å². The third-order valence-electron chi connectivity index (χ3n) is 1.06. The maximum atomic E-state index is 11.6. The van der Waals surface area contributed by atoms with Gasteiger partial charge in [0.15, 0.2) is 5.69 Å². The Bertz CT molecular complexity index is 325. The van der Waals surface area contributed by atoms with Crippen molar-refractivity contribution in [3.63, 3.8) is 0 Å². The van der Waals surface area contributed by atoms with E-state index in [1.54, 1.807) is 6.07 Å². The molecule has 0 saturated heterocycles. The van der Waals surface area contributed by atoms with E-state index >= 15 is 0 Å². The molecule has 0 saturated carbocycles. The molecule has 0 amide bonds. The molecule has 0 radical (unpaired) electrons. The van der Waals surface area contributed by atoms with Crippen LogP contribution >= 0.6 is 0 Å². The average Bonchev–Trinajstić information content (AvgIpc) is 2.47. The van der Waals surface area contributed by atoms with Crippen molar-refractivity contribution >= 4 is 6.01 Å². The fourth-order valence-electron chi connectivity index (χ4n) is 0.582. The lowest BCUT2D eigenvalue weighted by molar-refractivity contribution is -0.115. The normalized spacial score (nSPS) is 10.9. The molecule has 1 rings (SSSR count). The van der Waals surface area contributed by atoms with E-state index in [1.165, 1.54) is 0 Å². The molecule has 1 heterocycles. The summed E-state index contributed by atoms with van der Waals surface area (Å²) >= 11 is 0. The van der Waals surface area contributed by atoms with Gasteiger partial charge in [-0.25, -0.2) is 0 Å². The summed E-state index contributed by atoms with van der Waals surface area (Å²) in [6.45, 7) is -1.24. The third kappa shape index (κ3) is 3.02.